The summed E-state index contributed by atoms with van der Waals surface area (Å²) in [5, 5.41) is 11.7. The molecule has 0 heterocycles. The van der Waals surface area contributed by atoms with E-state index in [0.717, 1.165) is 25.2 Å². The number of guanidine groups is 1. The molecule has 1 aromatic rings. The molecule has 1 rings (SSSR count). The second kappa shape index (κ2) is 12.5. The van der Waals surface area contributed by atoms with Crippen LogP contribution in [0.25, 0.3) is 0 Å². The summed E-state index contributed by atoms with van der Waals surface area (Å²) in [7, 11) is -3.70. The van der Waals surface area contributed by atoms with Crippen molar-refractivity contribution in [3.8, 4) is 0 Å². The average Bonchev–Trinajstić information content (AvgIpc) is 2.55. The number of hydrogen-bond acceptors (Lipinski definition) is 4. The van der Waals surface area contributed by atoms with Crippen molar-refractivity contribution < 1.29 is 8.42 Å². The fourth-order valence-electron chi connectivity index (χ4n) is 2.75. The molecule has 0 aliphatic rings. The Morgan fingerprint density at radius 2 is 1.81 bits per heavy atom. The summed E-state index contributed by atoms with van der Waals surface area (Å²) in [6, 6.07) is 7.52. The largest absolute Gasteiger partial charge is 0.357 e. The number of nitrogens with one attached hydrogen (secondary N) is 2. The summed E-state index contributed by atoms with van der Waals surface area (Å²) in [6.07, 6.45) is 0. The highest BCUT2D eigenvalue weighted by atomic mass is 127. The van der Waals surface area contributed by atoms with E-state index >= 15 is 0 Å². The smallest absolute Gasteiger partial charge is 0.238 e. The third-order valence-electron chi connectivity index (χ3n) is 3.98. The molecule has 0 aliphatic heterocycles. The number of sulfonamides is 1. The van der Waals surface area contributed by atoms with E-state index in [9.17, 15) is 8.42 Å². The highest BCUT2D eigenvalue weighted by Crippen LogP contribution is 2.10. The molecule has 0 atom stereocenters. The summed E-state index contributed by atoms with van der Waals surface area (Å²) in [4.78, 5) is 7.05. The first kappa shape index (κ1) is 26.1. The Kier molecular flexibility index (Phi) is 12.1. The van der Waals surface area contributed by atoms with E-state index in [0.29, 0.717) is 24.6 Å². The minimum absolute atomic E-state index is 0. The van der Waals surface area contributed by atoms with E-state index in [-0.39, 0.29) is 28.9 Å². The Morgan fingerprint density at radius 1 is 1.19 bits per heavy atom. The van der Waals surface area contributed by atoms with E-state index in [4.69, 9.17) is 5.14 Å². The van der Waals surface area contributed by atoms with E-state index < -0.39 is 10.0 Å². The van der Waals surface area contributed by atoms with Crippen molar-refractivity contribution in [1.82, 2.24) is 15.5 Å². The molecule has 27 heavy (non-hydrogen) atoms. The van der Waals surface area contributed by atoms with Crippen molar-refractivity contribution in [3.63, 3.8) is 0 Å². The number of rotatable bonds is 9. The molecule has 0 fully saturated rings. The second-order valence-electron chi connectivity index (χ2n) is 6.74. The average molecular weight is 511 g/mol. The van der Waals surface area contributed by atoms with Crippen molar-refractivity contribution in [1.29, 1.82) is 0 Å². The zero-order valence-electron chi connectivity index (χ0n) is 16.9. The number of nitrogens with two attached hydrogens (primary N) is 1. The Morgan fingerprint density at radius 3 is 2.33 bits per heavy atom. The molecule has 0 bridgehead atoms. The predicted molar refractivity (Wildman–Crippen MR) is 123 cm³/mol. The summed E-state index contributed by atoms with van der Waals surface area (Å²) >= 11 is 0. The number of aliphatic imine (C=N–C) groups is 1. The van der Waals surface area contributed by atoms with Gasteiger partial charge in [0, 0.05) is 31.7 Å². The van der Waals surface area contributed by atoms with E-state index in [1.807, 2.05) is 13.0 Å². The van der Waals surface area contributed by atoms with Gasteiger partial charge in [-0.15, -0.1) is 24.0 Å². The molecule has 7 nitrogen and oxygen atoms in total. The highest BCUT2D eigenvalue weighted by molar-refractivity contribution is 14.0. The maximum atomic E-state index is 11.5. The van der Waals surface area contributed by atoms with Crippen LogP contribution < -0.4 is 15.8 Å². The third-order valence-corrected chi connectivity index (χ3v) is 4.89. The van der Waals surface area contributed by atoms with Crippen LogP contribution in [0.1, 0.15) is 40.2 Å². The molecule has 0 radical (unpaired) electrons. The number of benzene rings is 1. The zero-order chi connectivity index (χ0) is 19.7. The Labute approximate surface area is 181 Å². The fourth-order valence-corrected chi connectivity index (χ4v) is 3.33. The van der Waals surface area contributed by atoms with Crippen LogP contribution in [0.2, 0.25) is 0 Å². The van der Waals surface area contributed by atoms with Crippen LogP contribution in [0, 0.1) is 0 Å². The summed E-state index contributed by atoms with van der Waals surface area (Å²) in [5.41, 5.74) is 0.791. The van der Waals surface area contributed by atoms with Gasteiger partial charge in [-0.05, 0) is 52.3 Å². The SMILES string of the molecule is CCNC(=NCc1cccc(S(N)(=O)=O)c1)NCCN(C(C)C)C(C)C.I. The molecule has 1 aromatic carbocycles. The molecule has 0 saturated carbocycles. The van der Waals surface area contributed by atoms with Gasteiger partial charge in [-0.1, -0.05) is 12.1 Å². The fraction of sp³-hybridized carbons (Fsp3) is 0.611. The van der Waals surface area contributed by atoms with Gasteiger partial charge in [0.1, 0.15) is 0 Å². The quantitative estimate of drug-likeness (QED) is 0.268. The van der Waals surface area contributed by atoms with Crippen LogP contribution in [0.5, 0.6) is 0 Å². The van der Waals surface area contributed by atoms with E-state index in [1.165, 1.54) is 6.07 Å². The Hall–Kier alpha value is -0.910. The minimum atomic E-state index is -3.70. The minimum Gasteiger partial charge on any atom is -0.357 e. The van der Waals surface area contributed by atoms with Gasteiger partial charge in [0.2, 0.25) is 10.0 Å². The maximum absolute atomic E-state index is 11.5. The summed E-state index contributed by atoms with van der Waals surface area (Å²) in [5.74, 6) is 0.709. The van der Waals surface area contributed by atoms with Gasteiger partial charge in [0.25, 0.3) is 0 Å². The molecule has 0 saturated heterocycles. The lowest BCUT2D eigenvalue weighted by molar-refractivity contribution is 0.178. The third kappa shape index (κ3) is 9.72. The zero-order valence-corrected chi connectivity index (χ0v) is 20.0. The van der Waals surface area contributed by atoms with Crippen LogP contribution >= 0.6 is 24.0 Å². The lowest BCUT2D eigenvalue weighted by Gasteiger charge is -2.30. The Bertz CT molecular complexity index is 685. The molecule has 156 valence electrons. The van der Waals surface area contributed by atoms with Crippen LogP contribution in [-0.2, 0) is 16.6 Å². The number of hydrogen-bond donors (Lipinski definition) is 3. The molecule has 0 amide bonds. The highest BCUT2D eigenvalue weighted by Gasteiger charge is 2.12. The Balaban J connectivity index is 0.00000676. The van der Waals surface area contributed by atoms with Crippen LogP contribution in [0.3, 0.4) is 0 Å². The van der Waals surface area contributed by atoms with E-state index in [2.05, 4.69) is 48.2 Å². The lowest BCUT2D eigenvalue weighted by atomic mass is 10.2. The van der Waals surface area contributed by atoms with Gasteiger partial charge >= 0.3 is 0 Å². The van der Waals surface area contributed by atoms with Crippen LogP contribution in [0.15, 0.2) is 34.2 Å². The predicted octanol–water partition coefficient (Wildman–Crippen LogP) is 2.13. The molecule has 0 aliphatic carbocycles. The maximum Gasteiger partial charge on any atom is 0.238 e. The van der Waals surface area contributed by atoms with Crippen molar-refractivity contribution in [2.45, 2.75) is 58.1 Å². The van der Waals surface area contributed by atoms with E-state index in [1.54, 1.807) is 12.1 Å². The van der Waals surface area contributed by atoms with Gasteiger partial charge in [0.15, 0.2) is 5.96 Å². The molecule has 0 aromatic heterocycles. The van der Waals surface area contributed by atoms with Gasteiger partial charge < -0.3 is 10.6 Å². The second-order valence-corrected chi connectivity index (χ2v) is 8.30. The van der Waals surface area contributed by atoms with Crippen molar-refractivity contribution >= 4 is 40.0 Å². The standard InChI is InChI=1S/C18H33N5O2S.HI/c1-6-20-18(21-10-11-23(14(2)3)15(4)5)22-13-16-8-7-9-17(12-16)26(19,24)25;/h7-9,12,14-15H,6,10-11,13H2,1-5H3,(H2,19,24,25)(H2,20,21,22);1H. The molecular weight excluding hydrogens is 477 g/mol. The molecule has 0 spiro atoms. The van der Waals surface area contributed by atoms with Gasteiger partial charge in [-0.2, -0.15) is 0 Å². The van der Waals surface area contributed by atoms with Crippen molar-refractivity contribution in [3.05, 3.63) is 29.8 Å². The molecule has 4 N–H and O–H groups in total. The number of nitrogens with zero attached hydrogens (tertiary/aromatic N) is 2. The van der Waals surface area contributed by atoms with Gasteiger partial charge in [0.05, 0.1) is 11.4 Å². The number of primary sulfonamides is 1. The topological polar surface area (TPSA) is 99.8 Å². The van der Waals surface area contributed by atoms with Crippen molar-refractivity contribution in [2.24, 2.45) is 10.1 Å². The van der Waals surface area contributed by atoms with Gasteiger partial charge in [-0.3, -0.25) is 4.90 Å². The first-order chi connectivity index (χ1) is 12.1. The van der Waals surface area contributed by atoms with Crippen LogP contribution in [-0.4, -0.2) is 51.0 Å². The first-order valence-electron chi connectivity index (χ1n) is 9.04. The molecular formula is C18H34IN5O2S. The summed E-state index contributed by atoms with van der Waals surface area (Å²) < 4.78 is 22.9. The summed E-state index contributed by atoms with van der Waals surface area (Å²) in [6.45, 7) is 13.6. The van der Waals surface area contributed by atoms with Gasteiger partial charge in [-0.25, -0.2) is 18.5 Å². The van der Waals surface area contributed by atoms with Crippen molar-refractivity contribution in [2.75, 3.05) is 19.6 Å². The molecule has 9 heteroatoms. The number of halogens is 1. The molecule has 0 unspecified atom stereocenters. The lowest BCUT2D eigenvalue weighted by Crippen LogP contribution is -2.45. The first-order valence-corrected chi connectivity index (χ1v) is 10.6. The monoisotopic (exact) mass is 511 g/mol. The normalized spacial score (nSPS) is 12.4. The van der Waals surface area contributed by atoms with Crippen LogP contribution in [0.4, 0.5) is 0 Å².